The summed E-state index contributed by atoms with van der Waals surface area (Å²) in [5.41, 5.74) is 0.356. The zero-order chi connectivity index (χ0) is 7.72. The van der Waals surface area contributed by atoms with E-state index in [1.807, 2.05) is 0 Å². The lowest BCUT2D eigenvalue weighted by atomic mass is 10.3. The predicted molar refractivity (Wildman–Crippen MR) is 33.2 cm³/mol. The zero-order valence-corrected chi connectivity index (χ0v) is 5.84. The van der Waals surface area contributed by atoms with Gasteiger partial charge in [0.25, 0.3) is 0 Å². The highest BCUT2D eigenvalue weighted by Crippen LogP contribution is 2.16. The fourth-order valence-corrected chi connectivity index (χ4v) is 0.636. The zero-order valence-electron chi connectivity index (χ0n) is 5.09. The number of hydrogen-bond donors (Lipinski definition) is 1. The number of aromatic carboxylic acids is 1. The van der Waals surface area contributed by atoms with Crippen LogP contribution in [0.15, 0.2) is 4.52 Å². The Morgan fingerprint density at radius 1 is 1.80 bits per heavy atom. The highest BCUT2D eigenvalue weighted by molar-refractivity contribution is 6.30. The average molecular weight is 162 g/mol. The second-order valence-corrected chi connectivity index (χ2v) is 2.09. The first-order valence-electron chi connectivity index (χ1n) is 2.48. The minimum absolute atomic E-state index is 0.0948. The molecular formula is C5H4ClNO3. The Kier molecular flexibility index (Phi) is 1.63. The molecule has 0 unspecified atom stereocenters. The SMILES string of the molecule is Cc1c(Cl)noc1C(=O)O. The van der Waals surface area contributed by atoms with Crippen molar-refractivity contribution in [2.24, 2.45) is 0 Å². The summed E-state index contributed by atoms with van der Waals surface area (Å²) in [6.45, 7) is 1.53. The maximum atomic E-state index is 10.2. The number of halogens is 1. The van der Waals surface area contributed by atoms with Gasteiger partial charge in [0.05, 0.1) is 0 Å². The number of aromatic nitrogens is 1. The molecule has 5 heteroatoms. The number of carboxylic acids is 1. The standard InChI is InChI=1S/C5H4ClNO3/c1-2-3(5(8)9)10-7-4(2)6/h1H3,(H,8,9). The van der Waals surface area contributed by atoms with Gasteiger partial charge < -0.3 is 9.63 Å². The number of carbonyl (C=O) groups is 1. The highest BCUT2D eigenvalue weighted by Gasteiger charge is 2.15. The monoisotopic (exact) mass is 161 g/mol. The molecular weight excluding hydrogens is 158 g/mol. The van der Waals surface area contributed by atoms with E-state index < -0.39 is 5.97 Å². The molecule has 0 aliphatic heterocycles. The van der Waals surface area contributed by atoms with Crippen molar-refractivity contribution in [1.82, 2.24) is 5.16 Å². The molecule has 1 aromatic heterocycles. The summed E-state index contributed by atoms with van der Waals surface area (Å²) in [6.07, 6.45) is 0. The number of rotatable bonds is 1. The van der Waals surface area contributed by atoms with Gasteiger partial charge in [0, 0.05) is 5.56 Å². The fourth-order valence-electron chi connectivity index (χ4n) is 0.516. The summed E-state index contributed by atoms with van der Waals surface area (Å²) in [5.74, 6) is -1.36. The maximum absolute atomic E-state index is 10.2. The van der Waals surface area contributed by atoms with E-state index in [1.54, 1.807) is 0 Å². The summed E-state index contributed by atoms with van der Waals surface area (Å²) >= 11 is 5.41. The normalized spacial score (nSPS) is 9.80. The molecule has 4 nitrogen and oxygen atoms in total. The lowest BCUT2D eigenvalue weighted by molar-refractivity contribution is 0.0651. The molecule has 0 spiro atoms. The molecule has 0 atom stereocenters. The van der Waals surface area contributed by atoms with Crippen LogP contribution in [0.3, 0.4) is 0 Å². The van der Waals surface area contributed by atoms with E-state index >= 15 is 0 Å². The molecule has 0 radical (unpaired) electrons. The van der Waals surface area contributed by atoms with Crippen molar-refractivity contribution in [2.45, 2.75) is 6.92 Å². The van der Waals surface area contributed by atoms with E-state index in [4.69, 9.17) is 16.7 Å². The minimum atomic E-state index is -1.16. The van der Waals surface area contributed by atoms with E-state index in [9.17, 15) is 4.79 Å². The lowest BCUT2D eigenvalue weighted by Crippen LogP contribution is -1.95. The van der Waals surface area contributed by atoms with E-state index in [1.165, 1.54) is 6.92 Å². The quantitative estimate of drug-likeness (QED) is 0.675. The summed E-state index contributed by atoms with van der Waals surface area (Å²) in [5, 5.41) is 11.7. The van der Waals surface area contributed by atoms with Crippen LogP contribution in [0.2, 0.25) is 5.15 Å². The second kappa shape index (κ2) is 2.30. The molecule has 1 N–H and O–H groups in total. The van der Waals surface area contributed by atoms with E-state index in [0.717, 1.165) is 0 Å². The molecule has 0 aromatic carbocycles. The maximum Gasteiger partial charge on any atom is 0.375 e. The second-order valence-electron chi connectivity index (χ2n) is 1.73. The first kappa shape index (κ1) is 7.08. The van der Waals surface area contributed by atoms with Crippen LogP contribution < -0.4 is 0 Å². The van der Waals surface area contributed by atoms with Gasteiger partial charge in [0.2, 0.25) is 5.76 Å². The van der Waals surface area contributed by atoms with Gasteiger partial charge in [-0.15, -0.1) is 0 Å². The highest BCUT2D eigenvalue weighted by atomic mass is 35.5. The van der Waals surface area contributed by atoms with Crippen LogP contribution in [0.25, 0.3) is 0 Å². The van der Waals surface area contributed by atoms with Crippen LogP contribution in [0.1, 0.15) is 16.1 Å². The summed E-state index contributed by atoms with van der Waals surface area (Å²) < 4.78 is 4.38. The van der Waals surface area contributed by atoms with Crippen molar-refractivity contribution in [1.29, 1.82) is 0 Å². The van der Waals surface area contributed by atoms with Crippen molar-refractivity contribution in [2.75, 3.05) is 0 Å². The number of carboxylic acid groups (broad SMARTS) is 1. The molecule has 1 aromatic rings. The Bertz CT molecular complexity index is 268. The van der Waals surface area contributed by atoms with Crippen LogP contribution in [-0.2, 0) is 0 Å². The Balaban J connectivity index is 3.17. The Morgan fingerprint density at radius 3 is 2.60 bits per heavy atom. The first-order valence-corrected chi connectivity index (χ1v) is 2.85. The summed E-state index contributed by atoms with van der Waals surface area (Å²) in [4.78, 5) is 10.2. The molecule has 0 saturated carbocycles. The van der Waals surface area contributed by atoms with Gasteiger partial charge in [-0.1, -0.05) is 16.8 Å². The van der Waals surface area contributed by atoms with Gasteiger partial charge in [-0.05, 0) is 6.92 Å². The van der Waals surface area contributed by atoms with Crippen LogP contribution >= 0.6 is 11.6 Å². The first-order chi connectivity index (χ1) is 4.63. The summed E-state index contributed by atoms with van der Waals surface area (Å²) in [6, 6.07) is 0. The van der Waals surface area contributed by atoms with E-state index in [2.05, 4.69) is 9.68 Å². The van der Waals surface area contributed by atoms with Gasteiger partial charge in [-0.25, -0.2) is 4.79 Å². The third-order valence-electron chi connectivity index (χ3n) is 1.06. The predicted octanol–water partition coefficient (Wildman–Crippen LogP) is 1.33. The smallest absolute Gasteiger partial charge is 0.375 e. The number of nitrogens with zero attached hydrogens (tertiary/aromatic N) is 1. The molecule has 0 aliphatic carbocycles. The van der Waals surface area contributed by atoms with E-state index in [0.29, 0.717) is 5.56 Å². The Hall–Kier alpha value is -1.03. The van der Waals surface area contributed by atoms with Crippen molar-refractivity contribution in [3.8, 4) is 0 Å². The van der Waals surface area contributed by atoms with Crippen LogP contribution in [0, 0.1) is 6.92 Å². The van der Waals surface area contributed by atoms with Gasteiger partial charge in [-0.2, -0.15) is 0 Å². The molecule has 1 rings (SSSR count). The molecule has 0 bridgehead atoms. The molecule has 0 fully saturated rings. The largest absolute Gasteiger partial charge is 0.475 e. The third-order valence-corrected chi connectivity index (χ3v) is 1.41. The van der Waals surface area contributed by atoms with Crippen LogP contribution in [0.5, 0.6) is 0 Å². The topological polar surface area (TPSA) is 63.3 Å². The molecule has 0 saturated heterocycles. The third kappa shape index (κ3) is 0.974. The van der Waals surface area contributed by atoms with Crippen LogP contribution in [-0.4, -0.2) is 16.2 Å². The van der Waals surface area contributed by atoms with Gasteiger partial charge in [0.15, 0.2) is 5.15 Å². The minimum Gasteiger partial charge on any atom is -0.475 e. The van der Waals surface area contributed by atoms with Crippen molar-refractivity contribution in [3.05, 3.63) is 16.5 Å². The molecule has 54 valence electrons. The average Bonchev–Trinajstić information content (AvgIpc) is 2.14. The summed E-state index contributed by atoms with van der Waals surface area (Å²) in [7, 11) is 0. The van der Waals surface area contributed by atoms with Gasteiger partial charge in [-0.3, -0.25) is 0 Å². The van der Waals surface area contributed by atoms with Gasteiger partial charge >= 0.3 is 5.97 Å². The Morgan fingerprint density at radius 2 is 2.40 bits per heavy atom. The van der Waals surface area contributed by atoms with Crippen molar-refractivity contribution < 1.29 is 14.4 Å². The molecule has 1 heterocycles. The molecule has 0 amide bonds. The van der Waals surface area contributed by atoms with Crippen molar-refractivity contribution in [3.63, 3.8) is 0 Å². The molecule has 0 aliphatic rings. The lowest BCUT2D eigenvalue weighted by Gasteiger charge is -1.83. The van der Waals surface area contributed by atoms with E-state index in [-0.39, 0.29) is 10.9 Å². The Labute approximate surface area is 61.4 Å². The fraction of sp³-hybridized carbons (Fsp3) is 0.200. The van der Waals surface area contributed by atoms with Crippen LogP contribution in [0.4, 0.5) is 0 Å². The number of hydrogen-bond acceptors (Lipinski definition) is 3. The molecule has 10 heavy (non-hydrogen) atoms. The van der Waals surface area contributed by atoms with Gasteiger partial charge in [0.1, 0.15) is 0 Å². The van der Waals surface area contributed by atoms with Crippen molar-refractivity contribution >= 4 is 17.6 Å².